The number of hydrogen-bond donors (Lipinski definition) is 4. The first-order valence-corrected chi connectivity index (χ1v) is 8.63. The SMILES string of the molecule is Cc1ncc(COP(=O)(O)O)c(/C=N/OC[C@@H]2CCNC2)c1O. The van der Waals surface area contributed by atoms with Crippen molar-refractivity contribution in [2.45, 2.75) is 20.0 Å². The molecule has 1 saturated heterocycles. The van der Waals surface area contributed by atoms with E-state index in [-0.39, 0.29) is 11.3 Å². The molecule has 1 aliphatic rings. The normalized spacial score (nSPS) is 18.7. The van der Waals surface area contributed by atoms with Crippen LogP contribution in [0.15, 0.2) is 11.4 Å². The fourth-order valence-electron chi connectivity index (χ4n) is 2.16. The molecule has 1 aromatic heterocycles. The summed E-state index contributed by atoms with van der Waals surface area (Å²) in [6.45, 7) is 3.51. The average molecular weight is 345 g/mol. The summed E-state index contributed by atoms with van der Waals surface area (Å²) in [6, 6.07) is 0. The maximum Gasteiger partial charge on any atom is 0.469 e. The van der Waals surface area contributed by atoms with Gasteiger partial charge in [0, 0.05) is 29.8 Å². The molecular formula is C13H20N3O6P. The third kappa shape index (κ3) is 5.56. The van der Waals surface area contributed by atoms with Crippen LogP contribution in [0, 0.1) is 12.8 Å². The van der Waals surface area contributed by atoms with Crippen LogP contribution in [0.4, 0.5) is 0 Å². The Morgan fingerprint density at radius 1 is 1.57 bits per heavy atom. The van der Waals surface area contributed by atoms with Crippen LogP contribution in [-0.2, 0) is 20.5 Å². The first-order valence-electron chi connectivity index (χ1n) is 7.10. The van der Waals surface area contributed by atoms with E-state index in [4.69, 9.17) is 14.6 Å². The van der Waals surface area contributed by atoms with Gasteiger partial charge in [-0.3, -0.25) is 9.51 Å². The molecule has 0 radical (unpaired) electrons. The molecule has 1 fully saturated rings. The van der Waals surface area contributed by atoms with Gasteiger partial charge in [0.2, 0.25) is 0 Å². The quantitative estimate of drug-likeness (QED) is 0.322. The Morgan fingerprint density at radius 2 is 2.35 bits per heavy atom. The Hall–Kier alpha value is -1.51. The van der Waals surface area contributed by atoms with E-state index in [0.717, 1.165) is 19.5 Å². The number of pyridine rings is 1. The Balaban J connectivity index is 2.04. The summed E-state index contributed by atoms with van der Waals surface area (Å²) in [7, 11) is -4.62. The molecular weight excluding hydrogens is 325 g/mol. The third-order valence-electron chi connectivity index (χ3n) is 3.47. The number of hydrogen-bond acceptors (Lipinski definition) is 7. The molecule has 0 unspecified atom stereocenters. The minimum atomic E-state index is -4.62. The molecule has 0 spiro atoms. The molecule has 0 amide bonds. The van der Waals surface area contributed by atoms with Crippen LogP contribution >= 0.6 is 7.82 Å². The predicted molar refractivity (Wildman–Crippen MR) is 82.0 cm³/mol. The summed E-state index contributed by atoms with van der Waals surface area (Å²) in [5.74, 6) is 0.268. The average Bonchev–Trinajstić information content (AvgIpc) is 2.99. The number of oxime groups is 1. The molecule has 128 valence electrons. The van der Waals surface area contributed by atoms with E-state index in [1.807, 2.05) is 0 Å². The van der Waals surface area contributed by atoms with Crippen LogP contribution in [0.2, 0.25) is 0 Å². The number of aryl methyl sites for hydroxylation is 1. The summed E-state index contributed by atoms with van der Waals surface area (Å²) < 4.78 is 15.2. The molecule has 0 aliphatic carbocycles. The molecule has 0 aromatic carbocycles. The van der Waals surface area contributed by atoms with E-state index in [0.29, 0.717) is 23.8 Å². The lowest BCUT2D eigenvalue weighted by Gasteiger charge is -2.10. The van der Waals surface area contributed by atoms with E-state index >= 15 is 0 Å². The maximum atomic E-state index is 10.8. The lowest BCUT2D eigenvalue weighted by molar-refractivity contribution is 0.114. The van der Waals surface area contributed by atoms with Crippen molar-refractivity contribution in [3.63, 3.8) is 0 Å². The van der Waals surface area contributed by atoms with Crippen molar-refractivity contribution in [3.05, 3.63) is 23.0 Å². The van der Waals surface area contributed by atoms with Crippen LogP contribution in [0.25, 0.3) is 0 Å². The highest BCUT2D eigenvalue weighted by Crippen LogP contribution is 2.37. The van der Waals surface area contributed by atoms with E-state index in [1.54, 1.807) is 6.92 Å². The second-order valence-electron chi connectivity index (χ2n) is 5.28. The number of nitrogens with one attached hydrogen (secondary N) is 1. The molecule has 1 aliphatic heterocycles. The maximum absolute atomic E-state index is 10.8. The molecule has 9 nitrogen and oxygen atoms in total. The van der Waals surface area contributed by atoms with E-state index in [2.05, 4.69) is 20.0 Å². The zero-order valence-corrected chi connectivity index (χ0v) is 13.6. The summed E-state index contributed by atoms with van der Waals surface area (Å²) in [5.41, 5.74) is 0.924. The first kappa shape index (κ1) is 17.8. The molecule has 0 bridgehead atoms. The molecule has 1 atom stereocenters. The Bertz CT molecular complexity index is 612. The molecule has 4 N–H and O–H groups in total. The molecule has 10 heteroatoms. The van der Waals surface area contributed by atoms with Crippen molar-refractivity contribution >= 4 is 14.0 Å². The zero-order chi connectivity index (χ0) is 16.9. The summed E-state index contributed by atoms with van der Waals surface area (Å²) in [6.07, 6.45) is 3.69. The van der Waals surface area contributed by atoms with Crippen molar-refractivity contribution in [3.8, 4) is 5.75 Å². The monoisotopic (exact) mass is 345 g/mol. The van der Waals surface area contributed by atoms with Gasteiger partial charge in [-0.15, -0.1) is 0 Å². The number of nitrogens with zero attached hydrogens (tertiary/aromatic N) is 2. The van der Waals surface area contributed by atoms with E-state index in [1.165, 1.54) is 12.4 Å². The lowest BCUT2D eigenvalue weighted by Crippen LogP contribution is -2.12. The molecule has 23 heavy (non-hydrogen) atoms. The zero-order valence-electron chi connectivity index (χ0n) is 12.7. The van der Waals surface area contributed by atoms with Crippen LogP contribution in [0.1, 0.15) is 23.2 Å². The standard InChI is InChI=1S/C13H20N3O6P/c1-9-13(17)12(6-16-21-7-10-2-3-14-4-10)11(5-15-9)8-22-23(18,19)20/h5-6,10,14,17H,2-4,7-8H2,1H3,(H2,18,19,20)/b16-6+/t10-/m1/s1. The number of aromatic nitrogens is 1. The van der Waals surface area contributed by atoms with Gasteiger partial charge in [-0.1, -0.05) is 5.16 Å². The van der Waals surface area contributed by atoms with Gasteiger partial charge in [-0.05, 0) is 19.9 Å². The highest BCUT2D eigenvalue weighted by molar-refractivity contribution is 7.46. The van der Waals surface area contributed by atoms with Gasteiger partial charge in [-0.25, -0.2) is 4.57 Å². The predicted octanol–water partition coefficient (Wildman–Crippen LogP) is 0.665. The summed E-state index contributed by atoms with van der Waals surface area (Å²) in [4.78, 5) is 26.7. The highest BCUT2D eigenvalue weighted by Gasteiger charge is 2.18. The fourth-order valence-corrected chi connectivity index (χ4v) is 2.47. The van der Waals surface area contributed by atoms with Gasteiger partial charge in [-0.2, -0.15) is 0 Å². The lowest BCUT2D eigenvalue weighted by atomic mass is 10.1. The number of phosphoric ester groups is 1. The summed E-state index contributed by atoms with van der Waals surface area (Å²) >= 11 is 0. The molecule has 2 rings (SSSR count). The second kappa shape index (κ2) is 7.85. The van der Waals surface area contributed by atoms with Crippen molar-refractivity contribution in [1.29, 1.82) is 0 Å². The molecule has 2 heterocycles. The molecule has 0 saturated carbocycles. The first-order chi connectivity index (χ1) is 10.9. The highest BCUT2D eigenvalue weighted by atomic mass is 31.2. The van der Waals surface area contributed by atoms with Crippen LogP contribution in [0.5, 0.6) is 5.75 Å². The van der Waals surface area contributed by atoms with Gasteiger partial charge in [0.25, 0.3) is 0 Å². The minimum Gasteiger partial charge on any atom is -0.505 e. The second-order valence-corrected chi connectivity index (χ2v) is 6.52. The smallest absolute Gasteiger partial charge is 0.469 e. The number of rotatable bonds is 7. The summed E-state index contributed by atoms with van der Waals surface area (Å²) in [5, 5.41) is 17.1. The van der Waals surface area contributed by atoms with Gasteiger partial charge >= 0.3 is 7.82 Å². The van der Waals surface area contributed by atoms with E-state index < -0.39 is 14.4 Å². The Morgan fingerprint density at radius 3 is 3.00 bits per heavy atom. The number of phosphoric acid groups is 1. The Kier molecular flexibility index (Phi) is 6.09. The third-order valence-corrected chi connectivity index (χ3v) is 3.94. The van der Waals surface area contributed by atoms with Crippen molar-refractivity contribution in [1.82, 2.24) is 10.3 Å². The van der Waals surface area contributed by atoms with E-state index in [9.17, 15) is 9.67 Å². The Labute approximate surface area is 133 Å². The van der Waals surface area contributed by atoms with Crippen molar-refractivity contribution in [2.24, 2.45) is 11.1 Å². The fraction of sp³-hybridized carbons (Fsp3) is 0.538. The van der Waals surface area contributed by atoms with Crippen LogP contribution in [0.3, 0.4) is 0 Å². The van der Waals surface area contributed by atoms with Gasteiger partial charge in [0.15, 0.2) is 0 Å². The van der Waals surface area contributed by atoms with Crippen LogP contribution in [-0.4, -0.2) is 45.8 Å². The topological polar surface area (TPSA) is 134 Å². The van der Waals surface area contributed by atoms with Crippen molar-refractivity contribution < 1.29 is 28.8 Å². The van der Waals surface area contributed by atoms with Gasteiger partial charge in [0.05, 0.1) is 18.5 Å². The largest absolute Gasteiger partial charge is 0.505 e. The minimum absolute atomic E-state index is 0.133. The van der Waals surface area contributed by atoms with Crippen molar-refractivity contribution in [2.75, 3.05) is 19.7 Å². The van der Waals surface area contributed by atoms with Gasteiger partial charge in [0.1, 0.15) is 12.4 Å². The van der Waals surface area contributed by atoms with Crippen LogP contribution < -0.4 is 5.32 Å². The molecule has 1 aromatic rings. The van der Waals surface area contributed by atoms with Gasteiger partial charge < -0.3 is 25.0 Å². The number of aromatic hydroxyl groups is 1.